The molecule has 118 valence electrons. The van der Waals surface area contributed by atoms with Gasteiger partial charge in [0.05, 0.1) is 0 Å². The Balaban J connectivity index is 1.99. The maximum absolute atomic E-state index is 11.5. The number of para-hydroxylation sites is 1. The van der Waals surface area contributed by atoms with E-state index in [4.69, 9.17) is 4.42 Å². The molecular formula is C17H17N3O3. The van der Waals surface area contributed by atoms with Gasteiger partial charge in [-0.05, 0) is 25.0 Å². The molecule has 1 N–H and O–H groups in total. The normalized spacial score (nSPS) is 18.1. The van der Waals surface area contributed by atoms with Crippen molar-refractivity contribution in [3.05, 3.63) is 30.1 Å². The maximum Gasteiger partial charge on any atom is 0.326 e. The molecule has 3 aromatic rings. The van der Waals surface area contributed by atoms with E-state index in [9.17, 15) is 9.90 Å². The van der Waals surface area contributed by atoms with Crippen LogP contribution in [-0.4, -0.2) is 33.6 Å². The molecule has 0 radical (unpaired) electrons. The van der Waals surface area contributed by atoms with Gasteiger partial charge in [-0.25, -0.2) is 14.8 Å². The molecule has 6 heteroatoms. The topological polar surface area (TPSA) is 79.5 Å². The Morgan fingerprint density at radius 2 is 2.22 bits per heavy atom. The molecule has 0 spiro atoms. The second kappa shape index (κ2) is 5.22. The minimum atomic E-state index is -0.816. The Labute approximate surface area is 132 Å². The molecule has 1 saturated heterocycles. The lowest BCUT2D eigenvalue weighted by Gasteiger charge is -2.22. The zero-order chi connectivity index (χ0) is 16.0. The van der Waals surface area contributed by atoms with Gasteiger partial charge in [0.1, 0.15) is 23.0 Å². The summed E-state index contributed by atoms with van der Waals surface area (Å²) in [6.45, 7) is 2.66. The van der Waals surface area contributed by atoms with E-state index in [2.05, 4.69) is 9.97 Å². The molecule has 0 unspecified atom stereocenters. The van der Waals surface area contributed by atoms with Crippen molar-refractivity contribution in [2.45, 2.75) is 32.2 Å². The number of aromatic nitrogens is 2. The van der Waals surface area contributed by atoms with Crippen LogP contribution in [0.4, 0.5) is 5.82 Å². The quantitative estimate of drug-likeness (QED) is 0.801. The highest BCUT2D eigenvalue weighted by Crippen LogP contribution is 2.35. The molecule has 3 heterocycles. The molecule has 1 aliphatic heterocycles. The molecule has 1 aliphatic rings. The van der Waals surface area contributed by atoms with Gasteiger partial charge >= 0.3 is 5.97 Å². The average molecular weight is 311 g/mol. The van der Waals surface area contributed by atoms with E-state index >= 15 is 0 Å². The first-order chi connectivity index (χ1) is 11.2. The van der Waals surface area contributed by atoms with Crippen LogP contribution in [0, 0.1) is 0 Å². The van der Waals surface area contributed by atoms with E-state index in [-0.39, 0.29) is 0 Å². The lowest BCUT2D eigenvalue weighted by atomic mass is 10.2. The highest BCUT2D eigenvalue weighted by molar-refractivity contribution is 6.06. The first-order valence-corrected chi connectivity index (χ1v) is 7.86. The number of carbonyl (C=O) groups is 1. The van der Waals surface area contributed by atoms with Gasteiger partial charge in [-0.15, -0.1) is 0 Å². The van der Waals surface area contributed by atoms with Crippen LogP contribution in [0.25, 0.3) is 22.1 Å². The first kappa shape index (κ1) is 14.0. The fraction of sp³-hybridized carbons (Fsp3) is 0.353. The molecule has 1 atom stereocenters. The third-order valence-electron chi connectivity index (χ3n) is 4.37. The van der Waals surface area contributed by atoms with E-state index in [0.717, 1.165) is 22.9 Å². The summed E-state index contributed by atoms with van der Waals surface area (Å²) in [5.41, 5.74) is 2.09. The number of furan rings is 1. The fourth-order valence-electron chi connectivity index (χ4n) is 3.25. The monoisotopic (exact) mass is 311 g/mol. The van der Waals surface area contributed by atoms with E-state index in [1.807, 2.05) is 36.1 Å². The second-order valence-corrected chi connectivity index (χ2v) is 5.78. The molecule has 2 aromatic heterocycles. The summed E-state index contributed by atoms with van der Waals surface area (Å²) in [5, 5.41) is 10.4. The van der Waals surface area contributed by atoms with Crippen molar-refractivity contribution in [1.29, 1.82) is 0 Å². The number of benzene rings is 1. The highest BCUT2D eigenvalue weighted by atomic mass is 16.4. The van der Waals surface area contributed by atoms with Crippen LogP contribution < -0.4 is 4.90 Å². The van der Waals surface area contributed by atoms with Crippen molar-refractivity contribution >= 4 is 33.9 Å². The Morgan fingerprint density at radius 3 is 3.00 bits per heavy atom. The van der Waals surface area contributed by atoms with Gasteiger partial charge in [0.25, 0.3) is 0 Å². The van der Waals surface area contributed by atoms with Crippen LogP contribution in [0.3, 0.4) is 0 Å². The Morgan fingerprint density at radius 1 is 1.39 bits per heavy atom. The average Bonchev–Trinajstić information content (AvgIpc) is 3.18. The minimum absolute atomic E-state index is 0.550. The van der Waals surface area contributed by atoms with Crippen LogP contribution in [-0.2, 0) is 11.2 Å². The zero-order valence-corrected chi connectivity index (χ0v) is 12.8. The number of carboxylic acids is 1. The van der Waals surface area contributed by atoms with Gasteiger partial charge in [0.15, 0.2) is 11.4 Å². The third-order valence-corrected chi connectivity index (χ3v) is 4.37. The van der Waals surface area contributed by atoms with Gasteiger partial charge in [-0.3, -0.25) is 0 Å². The molecule has 0 bridgehead atoms. The summed E-state index contributed by atoms with van der Waals surface area (Å²) in [7, 11) is 0. The van der Waals surface area contributed by atoms with E-state index in [1.54, 1.807) is 0 Å². The van der Waals surface area contributed by atoms with Crippen LogP contribution in [0.1, 0.15) is 25.6 Å². The molecule has 6 nitrogen and oxygen atoms in total. The van der Waals surface area contributed by atoms with Gasteiger partial charge in [-0.2, -0.15) is 0 Å². The van der Waals surface area contributed by atoms with Crippen LogP contribution in [0.15, 0.2) is 28.7 Å². The van der Waals surface area contributed by atoms with Crippen molar-refractivity contribution in [1.82, 2.24) is 9.97 Å². The van der Waals surface area contributed by atoms with Crippen molar-refractivity contribution in [2.24, 2.45) is 0 Å². The number of hydrogen-bond donors (Lipinski definition) is 1. The smallest absolute Gasteiger partial charge is 0.326 e. The lowest BCUT2D eigenvalue weighted by molar-refractivity contribution is -0.138. The molecular weight excluding hydrogens is 294 g/mol. The van der Waals surface area contributed by atoms with E-state index in [1.165, 1.54) is 0 Å². The molecule has 4 rings (SSSR count). The molecule has 1 aromatic carbocycles. The van der Waals surface area contributed by atoms with Gasteiger partial charge in [-0.1, -0.05) is 19.1 Å². The predicted molar refractivity (Wildman–Crippen MR) is 86.7 cm³/mol. The second-order valence-electron chi connectivity index (χ2n) is 5.78. The Hall–Kier alpha value is -2.63. The van der Waals surface area contributed by atoms with E-state index in [0.29, 0.717) is 36.6 Å². The van der Waals surface area contributed by atoms with Crippen molar-refractivity contribution in [2.75, 3.05) is 11.4 Å². The van der Waals surface area contributed by atoms with Crippen LogP contribution >= 0.6 is 0 Å². The number of aliphatic carboxylic acids is 1. The highest BCUT2D eigenvalue weighted by Gasteiger charge is 2.34. The minimum Gasteiger partial charge on any atom is -0.480 e. The zero-order valence-electron chi connectivity index (χ0n) is 12.8. The van der Waals surface area contributed by atoms with Gasteiger partial charge in [0, 0.05) is 18.4 Å². The first-order valence-electron chi connectivity index (χ1n) is 7.86. The number of fused-ring (bicyclic) bond motifs is 3. The molecule has 0 aliphatic carbocycles. The number of hydrogen-bond acceptors (Lipinski definition) is 5. The summed E-state index contributed by atoms with van der Waals surface area (Å²) >= 11 is 0. The SMILES string of the molecule is CCc1nc(N2CCC[C@@H]2C(=O)O)c2oc3ccccc3c2n1. The van der Waals surface area contributed by atoms with Crippen molar-refractivity contribution in [3.8, 4) is 0 Å². The van der Waals surface area contributed by atoms with Crippen LogP contribution in [0.2, 0.25) is 0 Å². The molecule has 0 saturated carbocycles. The Kier molecular flexibility index (Phi) is 3.18. The summed E-state index contributed by atoms with van der Waals surface area (Å²) in [5.74, 6) is 0.492. The predicted octanol–water partition coefficient (Wildman–Crippen LogP) is 2.99. The Bertz CT molecular complexity index is 903. The van der Waals surface area contributed by atoms with Crippen LogP contribution in [0.5, 0.6) is 0 Å². The number of anilines is 1. The third kappa shape index (κ3) is 2.13. The summed E-state index contributed by atoms with van der Waals surface area (Å²) in [6.07, 6.45) is 2.15. The largest absolute Gasteiger partial charge is 0.480 e. The molecule has 0 amide bonds. The molecule has 1 fully saturated rings. The number of nitrogens with zero attached hydrogens (tertiary/aromatic N) is 3. The fourth-order valence-corrected chi connectivity index (χ4v) is 3.25. The van der Waals surface area contributed by atoms with Gasteiger partial charge < -0.3 is 14.4 Å². The summed E-state index contributed by atoms with van der Waals surface area (Å²) in [6, 6.07) is 7.17. The lowest BCUT2D eigenvalue weighted by Crippen LogP contribution is -2.36. The summed E-state index contributed by atoms with van der Waals surface area (Å²) < 4.78 is 5.96. The molecule has 23 heavy (non-hydrogen) atoms. The number of aryl methyl sites for hydroxylation is 1. The standard InChI is InChI=1S/C17H17N3O3/c1-2-13-18-14-10-6-3-4-8-12(10)23-15(14)16(19-13)20-9-5-7-11(20)17(21)22/h3-4,6,8,11H,2,5,7,9H2,1H3,(H,21,22)/t11-/m1/s1. The van der Waals surface area contributed by atoms with Crippen molar-refractivity contribution in [3.63, 3.8) is 0 Å². The summed E-state index contributed by atoms with van der Waals surface area (Å²) in [4.78, 5) is 22.6. The van der Waals surface area contributed by atoms with E-state index < -0.39 is 12.0 Å². The maximum atomic E-state index is 11.5. The number of carboxylic acid groups (broad SMARTS) is 1. The van der Waals surface area contributed by atoms with Gasteiger partial charge in [0.2, 0.25) is 0 Å². The van der Waals surface area contributed by atoms with Crippen molar-refractivity contribution < 1.29 is 14.3 Å². The number of rotatable bonds is 3.